The Morgan fingerprint density at radius 3 is 1.34 bits per heavy atom. The van der Waals surface area contributed by atoms with E-state index in [1.165, 1.54) is 94.2 Å². The van der Waals surface area contributed by atoms with E-state index >= 15 is 0 Å². The summed E-state index contributed by atoms with van der Waals surface area (Å²) in [6.07, 6.45) is 15.0. The van der Waals surface area contributed by atoms with Crippen molar-refractivity contribution in [3.05, 3.63) is 107 Å². The van der Waals surface area contributed by atoms with Gasteiger partial charge >= 0.3 is 11.9 Å². The number of hydrogen-bond donors (Lipinski definition) is 6. The van der Waals surface area contributed by atoms with Crippen LogP contribution in [0.4, 0.5) is 11.4 Å². The predicted molar refractivity (Wildman–Crippen MR) is 224 cm³/mol. The molecule has 0 atom stereocenters. The first-order valence-corrected chi connectivity index (χ1v) is 21.6. The molecule has 10 nitrogen and oxygen atoms in total. The SMILES string of the molecule is O=C(OC12CC3CC(CC(C3)C1)C2)c1ccc(NCc2cc(O)ccc2O)cc1.O=C(OCC12CC3CC(CC(C3)C1)C2)c1ccc(NCc2cc(O)ccc2O)cc1. The van der Waals surface area contributed by atoms with Gasteiger partial charge in [-0.1, -0.05) is 0 Å². The number of nitrogens with one attached hydrogen (secondary N) is 2. The molecule has 4 aromatic carbocycles. The highest BCUT2D eigenvalue weighted by molar-refractivity contribution is 5.90. The summed E-state index contributed by atoms with van der Waals surface area (Å²) in [6, 6.07) is 23.4. The number of ether oxygens (including phenoxy) is 2. The van der Waals surface area contributed by atoms with E-state index in [-0.39, 0.29) is 46.0 Å². The van der Waals surface area contributed by atoms with Crippen molar-refractivity contribution in [3.63, 3.8) is 0 Å². The first-order valence-electron chi connectivity index (χ1n) is 21.6. The average Bonchev–Trinajstić information content (AvgIpc) is 3.20. The molecule has 8 bridgehead atoms. The van der Waals surface area contributed by atoms with Gasteiger partial charge in [0.1, 0.15) is 28.6 Å². The van der Waals surface area contributed by atoms with Crippen LogP contribution >= 0.6 is 0 Å². The number of rotatable bonds is 11. The average molecular weight is 801 g/mol. The van der Waals surface area contributed by atoms with E-state index in [1.54, 1.807) is 24.3 Å². The Morgan fingerprint density at radius 2 is 0.915 bits per heavy atom. The van der Waals surface area contributed by atoms with Crippen LogP contribution in [-0.4, -0.2) is 44.6 Å². The number of esters is 2. The van der Waals surface area contributed by atoms with Crippen molar-refractivity contribution in [2.24, 2.45) is 40.9 Å². The van der Waals surface area contributed by atoms with Gasteiger partial charge in [0.05, 0.1) is 17.7 Å². The van der Waals surface area contributed by atoms with Crippen molar-refractivity contribution in [2.45, 2.75) is 95.7 Å². The number of aromatic hydroxyl groups is 4. The Morgan fingerprint density at radius 1 is 0.525 bits per heavy atom. The van der Waals surface area contributed by atoms with Crippen molar-refractivity contribution in [3.8, 4) is 23.0 Å². The van der Waals surface area contributed by atoms with Crippen LogP contribution in [0.25, 0.3) is 0 Å². The van der Waals surface area contributed by atoms with E-state index in [0.717, 1.165) is 66.1 Å². The third kappa shape index (κ3) is 8.82. The van der Waals surface area contributed by atoms with Crippen molar-refractivity contribution >= 4 is 23.3 Å². The van der Waals surface area contributed by atoms with E-state index in [1.807, 2.05) is 24.3 Å². The molecule has 0 spiro atoms. The van der Waals surface area contributed by atoms with Crippen LogP contribution in [0.1, 0.15) is 109 Å². The molecule has 8 aliphatic carbocycles. The third-order valence-corrected chi connectivity index (χ3v) is 14.3. The third-order valence-electron chi connectivity index (χ3n) is 14.3. The number of hydrogen-bond acceptors (Lipinski definition) is 10. The quantitative estimate of drug-likeness (QED) is 0.0637. The molecule has 8 aliphatic rings. The molecule has 59 heavy (non-hydrogen) atoms. The fourth-order valence-electron chi connectivity index (χ4n) is 12.5. The normalized spacial score (nSPS) is 29.3. The molecule has 12 rings (SSSR count). The standard InChI is InChI=1S/C25H29NO4.C24H27NO4/c27-22-5-6-23(28)20(10-22)14-26-21-3-1-19(2-4-21)24(29)30-15-25-11-16-7-17(12-25)9-18(8-16)13-25;26-21-5-6-22(27)19(10-21)14-25-20-3-1-18(2-4-20)23(28)29-24-11-15-7-16(12-24)9-17(8-15)13-24/h1-6,10,16-18,26-28H,7-9,11-15H2;1-6,10,15-17,25-27H,7-9,11-14H2. The molecule has 0 unspecified atom stereocenters. The van der Waals surface area contributed by atoms with Crippen LogP contribution in [0.3, 0.4) is 0 Å². The molecule has 0 heterocycles. The van der Waals surface area contributed by atoms with Crippen molar-refractivity contribution in [1.29, 1.82) is 0 Å². The van der Waals surface area contributed by atoms with Crippen molar-refractivity contribution < 1.29 is 39.5 Å². The van der Waals surface area contributed by atoms with Crippen LogP contribution < -0.4 is 10.6 Å². The Kier molecular flexibility index (Phi) is 10.6. The Balaban J connectivity index is 0.000000152. The van der Waals surface area contributed by atoms with Crippen LogP contribution in [0, 0.1) is 40.9 Å². The first-order chi connectivity index (χ1) is 28.5. The topological polar surface area (TPSA) is 158 Å². The smallest absolute Gasteiger partial charge is 0.338 e. The van der Waals surface area contributed by atoms with E-state index in [9.17, 15) is 30.0 Å². The number of carbonyl (C=O) groups excluding carboxylic acids is 2. The highest BCUT2D eigenvalue weighted by Crippen LogP contribution is 2.60. The number of carbonyl (C=O) groups is 2. The maximum atomic E-state index is 12.8. The van der Waals surface area contributed by atoms with E-state index in [0.29, 0.717) is 42.0 Å². The van der Waals surface area contributed by atoms with Gasteiger partial charge in [-0.3, -0.25) is 0 Å². The molecule has 4 aromatic rings. The molecular weight excluding hydrogens is 745 g/mol. The van der Waals surface area contributed by atoms with Crippen LogP contribution in [0.15, 0.2) is 84.9 Å². The minimum Gasteiger partial charge on any atom is -0.508 e. The largest absolute Gasteiger partial charge is 0.508 e. The molecular formula is C49H56N2O8. The predicted octanol–water partition coefficient (Wildman–Crippen LogP) is 9.92. The number of phenolic OH excluding ortho intramolecular Hbond substituents is 4. The van der Waals surface area contributed by atoms with Gasteiger partial charge in [0.15, 0.2) is 0 Å². The minimum absolute atomic E-state index is 0.113. The highest BCUT2D eigenvalue weighted by Gasteiger charge is 2.53. The summed E-state index contributed by atoms with van der Waals surface area (Å²) in [5, 5.41) is 45.2. The van der Waals surface area contributed by atoms with E-state index in [2.05, 4.69) is 10.6 Å². The fourth-order valence-corrected chi connectivity index (χ4v) is 12.5. The summed E-state index contributed by atoms with van der Waals surface area (Å²) >= 11 is 0. The monoisotopic (exact) mass is 800 g/mol. The number of anilines is 2. The number of phenols is 4. The first kappa shape index (κ1) is 39.1. The Bertz CT molecular complexity index is 2100. The highest BCUT2D eigenvalue weighted by atomic mass is 16.6. The zero-order valence-corrected chi connectivity index (χ0v) is 33.6. The van der Waals surface area contributed by atoms with Gasteiger partial charge in [0, 0.05) is 41.0 Å². The van der Waals surface area contributed by atoms with Gasteiger partial charge in [0.2, 0.25) is 0 Å². The second kappa shape index (κ2) is 16.0. The Hall–Kier alpha value is -5.38. The summed E-state index contributed by atoms with van der Waals surface area (Å²) in [5.41, 5.74) is 4.01. The summed E-state index contributed by atoms with van der Waals surface area (Å²) in [4.78, 5) is 25.4. The van der Waals surface area contributed by atoms with Gasteiger partial charge in [-0.05, 0) is 197 Å². The van der Waals surface area contributed by atoms with Crippen molar-refractivity contribution in [2.75, 3.05) is 17.2 Å². The van der Waals surface area contributed by atoms with Gasteiger partial charge < -0.3 is 40.5 Å². The van der Waals surface area contributed by atoms with Gasteiger partial charge in [-0.2, -0.15) is 0 Å². The molecule has 0 aliphatic heterocycles. The molecule has 0 radical (unpaired) electrons. The minimum atomic E-state index is -0.247. The number of benzene rings is 4. The van der Waals surface area contributed by atoms with E-state index < -0.39 is 0 Å². The zero-order chi connectivity index (χ0) is 40.7. The van der Waals surface area contributed by atoms with E-state index in [4.69, 9.17) is 9.47 Å². The lowest BCUT2D eigenvalue weighted by Crippen LogP contribution is -2.52. The fraction of sp³-hybridized carbons (Fsp3) is 0.469. The Labute approximate surface area is 346 Å². The zero-order valence-electron chi connectivity index (χ0n) is 33.6. The lowest BCUT2D eigenvalue weighted by Gasteiger charge is -2.56. The molecule has 310 valence electrons. The summed E-state index contributed by atoms with van der Waals surface area (Å²) in [7, 11) is 0. The summed E-state index contributed by atoms with van der Waals surface area (Å²) < 4.78 is 11.9. The molecule has 0 saturated heterocycles. The van der Waals surface area contributed by atoms with Crippen LogP contribution in [0.5, 0.6) is 23.0 Å². The lowest BCUT2D eigenvalue weighted by atomic mass is 9.50. The molecule has 10 heteroatoms. The maximum absolute atomic E-state index is 12.8. The van der Waals surface area contributed by atoms with Gasteiger partial charge in [-0.25, -0.2) is 9.59 Å². The second-order valence-electron chi connectivity index (χ2n) is 19.0. The lowest BCUT2D eigenvalue weighted by molar-refractivity contribution is -0.131. The second-order valence-corrected chi connectivity index (χ2v) is 19.0. The molecule has 0 aromatic heterocycles. The summed E-state index contributed by atoms with van der Waals surface area (Å²) in [6.45, 7) is 1.31. The molecule has 8 saturated carbocycles. The molecule has 6 N–H and O–H groups in total. The summed E-state index contributed by atoms with van der Waals surface area (Å²) in [5.74, 6) is 4.81. The molecule has 8 fully saturated rings. The van der Waals surface area contributed by atoms with Crippen LogP contribution in [0.2, 0.25) is 0 Å². The van der Waals surface area contributed by atoms with Gasteiger partial charge in [0.25, 0.3) is 0 Å². The van der Waals surface area contributed by atoms with Crippen molar-refractivity contribution in [1.82, 2.24) is 0 Å². The molecule has 0 amide bonds. The van der Waals surface area contributed by atoms with Gasteiger partial charge in [-0.15, -0.1) is 0 Å². The van der Waals surface area contributed by atoms with Crippen LogP contribution in [-0.2, 0) is 22.6 Å². The maximum Gasteiger partial charge on any atom is 0.338 e.